The molecule has 7 heteroatoms. The number of carboxylic acid groups (broad SMARTS) is 1. The van der Waals surface area contributed by atoms with Crippen molar-refractivity contribution in [2.75, 3.05) is 0 Å². The summed E-state index contributed by atoms with van der Waals surface area (Å²) in [5, 5.41) is 17.9. The first-order valence-corrected chi connectivity index (χ1v) is 6.85. The number of nitrogens with zero attached hydrogens (tertiary/aromatic N) is 2. The summed E-state index contributed by atoms with van der Waals surface area (Å²) >= 11 is 3.25. The van der Waals surface area contributed by atoms with E-state index in [1.807, 2.05) is 6.07 Å². The van der Waals surface area contributed by atoms with E-state index in [-0.39, 0.29) is 6.54 Å². The molecule has 0 aliphatic rings. The van der Waals surface area contributed by atoms with Crippen molar-refractivity contribution < 1.29 is 19.4 Å². The molecule has 2 amide bonds. The number of hydrogen-bond donors (Lipinski definition) is 1. The van der Waals surface area contributed by atoms with Gasteiger partial charge in [0.15, 0.2) is 0 Å². The average molecular weight is 355 g/mol. The summed E-state index contributed by atoms with van der Waals surface area (Å²) < 4.78 is 5.61. The lowest BCUT2D eigenvalue weighted by molar-refractivity contribution is 0.0255. The van der Waals surface area contributed by atoms with E-state index in [9.17, 15) is 9.59 Å². The summed E-state index contributed by atoms with van der Waals surface area (Å²) in [4.78, 5) is 23.7. The van der Waals surface area contributed by atoms with E-state index in [1.54, 1.807) is 39.0 Å². The van der Waals surface area contributed by atoms with Gasteiger partial charge in [-0.1, -0.05) is 22.0 Å². The molecule has 1 rings (SSSR count). The van der Waals surface area contributed by atoms with Gasteiger partial charge >= 0.3 is 12.2 Å². The second-order valence-electron chi connectivity index (χ2n) is 5.27. The van der Waals surface area contributed by atoms with E-state index < -0.39 is 17.8 Å². The van der Waals surface area contributed by atoms with Crippen LogP contribution in [0.5, 0.6) is 0 Å². The Morgan fingerprint density at radius 1 is 1.43 bits per heavy atom. The molecule has 0 heterocycles. The van der Waals surface area contributed by atoms with Crippen LogP contribution in [-0.4, -0.2) is 27.8 Å². The Balaban J connectivity index is 2.97. The van der Waals surface area contributed by atoms with E-state index in [1.165, 1.54) is 0 Å². The van der Waals surface area contributed by atoms with Crippen LogP contribution in [0.15, 0.2) is 22.7 Å². The van der Waals surface area contributed by atoms with Crippen molar-refractivity contribution in [3.8, 4) is 6.07 Å². The molecule has 6 nitrogen and oxygen atoms in total. The van der Waals surface area contributed by atoms with Crippen LogP contribution in [0.2, 0.25) is 0 Å². The molecular formula is C14H15BrN2O4. The van der Waals surface area contributed by atoms with Gasteiger partial charge in [-0.25, -0.2) is 14.5 Å². The van der Waals surface area contributed by atoms with Crippen molar-refractivity contribution in [2.24, 2.45) is 0 Å². The van der Waals surface area contributed by atoms with E-state index in [4.69, 9.17) is 15.1 Å². The molecule has 0 spiro atoms. The predicted molar refractivity (Wildman–Crippen MR) is 78.7 cm³/mol. The zero-order chi connectivity index (χ0) is 16.2. The normalized spacial score (nSPS) is 10.6. The first-order chi connectivity index (χ1) is 9.64. The average Bonchev–Trinajstić information content (AvgIpc) is 2.34. The standard InChI is InChI=1S/C14H15BrN2O4/c1-14(2,3)21-13(20)17(12(18)19)8-10-5-4-9(7-16)6-11(10)15/h4-6H,8H2,1-3H3,(H,18,19). The smallest absolute Gasteiger partial charge is 0.420 e. The molecule has 0 aromatic heterocycles. The maximum atomic E-state index is 11.9. The molecule has 0 unspecified atom stereocenters. The molecule has 0 saturated heterocycles. The first kappa shape index (κ1) is 17.0. The van der Waals surface area contributed by atoms with Crippen molar-refractivity contribution in [3.63, 3.8) is 0 Å². The number of benzene rings is 1. The molecule has 1 aromatic rings. The van der Waals surface area contributed by atoms with Gasteiger partial charge in [-0.15, -0.1) is 0 Å². The Morgan fingerprint density at radius 3 is 2.48 bits per heavy atom. The lowest BCUT2D eigenvalue weighted by atomic mass is 10.1. The van der Waals surface area contributed by atoms with Crippen molar-refractivity contribution in [3.05, 3.63) is 33.8 Å². The SMILES string of the molecule is CC(C)(C)OC(=O)N(Cc1ccc(C#N)cc1Br)C(=O)O. The quantitative estimate of drug-likeness (QED) is 0.873. The van der Waals surface area contributed by atoms with Crippen molar-refractivity contribution in [2.45, 2.75) is 32.9 Å². The molecule has 0 saturated carbocycles. The van der Waals surface area contributed by atoms with Crippen LogP contribution in [-0.2, 0) is 11.3 Å². The minimum atomic E-state index is -1.40. The number of nitriles is 1. The van der Waals surface area contributed by atoms with Gasteiger partial charge in [0.25, 0.3) is 0 Å². The molecule has 0 bridgehead atoms. The van der Waals surface area contributed by atoms with Gasteiger partial charge in [0.2, 0.25) is 0 Å². The zero-order valence-electron chi connectivity index (χ0n) is 11.9. The van der Waals surface area contributed by atoms with E-state index >= 15 is 0 Å². The van der Waals surface area contributed by atoms with Crippen molar-refractivity contribution in [1.82, 2.24) is 4.90 Å². The third kappa shape index (κ3) is 5.08. The highest BCUT2D eigenvalue weighted by Crippen LogP contribution is 2.21. The van der Waals surface area contributed by atoms with Gasteiger partial charge in [0.1, 0.15) is 5.60 Å². The van der Waals surface area contributed by atoms with Crippen LogP contribution in [0.3, 0.4) is 0 Å². The summed E-state index contributed by atoms with van der Waals surface area (Å²) in [6.07, 6.45) is -2.34. The highest BCUT2D eigenvalue weighted by atomic mass is 79.9. The Hall–Kier alpha value is -2.07. The molecule has 21 heavy (non-hydrogen) atoms. The van der Waals surface area contributed by atoms with E-state index in [0.29, 0.717) is 20.5 Å². The van der Waals surface area contributed by atoms with Crippen LogP contribution < -0.4 is 0 Å². The number of ether oxygens (including phenoxy) is 1. The maximum absolute atomic E-state index is 11.9. The third-order valence-corrected chi connectivity index (χ3v) is 3.09. The highest BCUT2D eigenvalue weighted by Gasteiger charge is 2.27. The van der Waals surface area contributed by atoms with Crippen molar-refractivity contribution in [1.29, 1.82) is 5.26 Å². The van der Waals surface area contributed by atoms with Gasteiger partial charge in [-0.05, 0) is 38.5 Å². The molecule has 0 radical (unpaired) electrons. The minimum absolute atomic E-state index is 0.170. The maximum Gasteiger partial charge on any atom is 0.420 e. The number of rotatable bonds is 2. The second-order valence-corrected chi connectivity index (χ2v) is 6.12. The Morgan fingerprint density at radius 2 is 2.05 bits per heavy atom. The number of amides is 2. The summed E-state index contributed by atoms with van der Waals surface area (Å²) in [6, 6.07) is 6.67. The van der Waals surface area contributed by atoms with Crippen LogP contribution in [0.25, 0.3) is 0 Å². The summed E-state index contributed by atoms with van der Waals surface area (Å²) in [6.45, 7) is 4.80. The third-order valence-electron chi connectivity index (χ3n) is 2.36. The van der Waals surface area contributed by atoms with E-state index in [2.05, 4.69) is 15.9 Å². The number of carbonyl (C=O) groups excluding carboxylic acids is 1. The fourth-order valence-electron chi connectivity index (χ4n) is 1.44. The predicted octanol–water partition coefficient (Wildman–Crippen LogP) is 3.74. The van der Waals surface area contributed by atoms with Gasteiger partial charge in [0.05, 0.1) is 18.2 Å². The summed E-state index contributed by atoms with van der Waals surface area (Å²) in [7, 11) is 0. The number of halogens is 1. The monoisotopic (exact) mass is 354 g/mol. The molecule has 112 valence electrons. The largest absolute Gasteiger partial charge is 0.465 e. The van der Waals surface area contributed by atoms with Gasteiger partial charge in [-0.3, -0.25) is 0 Å². The number of imide groups is 1. The van der Waals surface area contributed by atoms with Crippen LogP contribution in [0, 0.1) is 11.3 Å². The summed E-state index contributed by atoms with van der Waals surface area (Å²) in [5.74, 6) is 0. The molecule has 1 aromatic carbocycles. The zero-order valence-corrected chi connectivity index (χ0v) is 13.5. The summed E-state index contributed by atoms with van der Waals surface area (Å²) in [5.41, 5.74) is 0.208. The molecule has 0 aliphatic carbocycles. The van der Waals surface area contributed by atoms with Gasteiger partial charge in [-0.2, -0.15) is 5.26 Å². The topological polar surface area (TPSA) is 90.6 Å². The lowest BCUT2D eigenvalue weighted by Crippen LogP contribution is -2.39. The minimum Gasteiger partial charge on any atom is -0.465 e. The number of carbonyl (C=O) groups is 2. The highest BCUT2D eigenvalue weighted by molar-refractivity contribution is 9.10. The van der Waals surface area contributed by atoms with Crippen LogP contribution in [0.1, 0.15) is 31.9 Å². The van der Waals surface area contributed by atoms with E-state index in [0.717, 1.165) is 0 Å². The Labute approximate surface area is 131 Å². The fraction of sp³-hybridized carbons (Fsp3) is 0.357. The van der Waals surface area contributed by atoms with Gasteiger partial charge in [0, 0.05) is 4.47 Å². The first-order valence-electron chi connectivity index (χ1n) is 6.06. The van der Waals surface area contributed by atoms with Crippen LogP contribution >= 0.6 is 15.9 Å². The van der Waals surface area contributed by atoms with Crippen molar-refractivity contribution >= 4 is 28.1 Å². The number of hydrogen-bond acceptors (Lipinski definition) is 4. The molecular weight excluding hydrogens is 340 g/mol. The Kier molecular flexibility index (Phi) is 5.33. The van der Waals surface area contributed by atoms with Gasteiger partial charge < -0.3 is 9.84 Å². The second kappa shape index (κ2) is 6.59. The molecule has 0 aliphatic heterocycles. The lowest BCUT2D eigenvalue weighted by Gasteiger charge is -2.24. The fourth-order valence-corrected chi connectivity index (χ4v) is 1.95. The molecule has 1 N–H and O–H groups in total. The molecule has 0 atom stereocenters. The van der Waals surface area contributed by atoms with Crippen LogP contribution in [0.4, 0.5) is 9.59 Å². The molecule has 0 fully saturated rings. The Bertz CT molecular complexity index is 602.